The number of aryl methyl sites for hydroxylation is 2. The molecule has 7 heteroatoms. The van der Waals surface area contributed by atoms with Gasteiger partial charge in [-0.3, -0.25) is 9.36 Å². The van der Waals surface area contributed by atoms with Crippen LogP contribution in [0.5, 0.6) is 0 Å². The lowest BCUT2D eigenvalue weighted by molar-refractivity contribution is -0.130. The zero-order chi connectivity index (χ0) is 16.5. The molecule has 2 aromatic rings. The maximum absolute atomic E-state index is 13.0. The van der Waals surface area contributed by atoms with Gasteiger partial charge in [-0.15, -0.1) is 17.9 Å². The van der Waals surface area contributed by atoms with Crippen molar-refractivity contribution in [3.63, 3.8) is 0 Å². The molecule has 128 valence electrons. The fraction of sp³-hybridized carbons (Fsp3) is 0.529. The van der Waals surface area contributed by atoms with Crippen LogP contribution in [0.4, 0.5) is 0 Å². The van der Waals surface area contributed by atoms with E-state index in [4.69, 9.17) is 14.5 Å². The van der Waals surface area contributed by atoms with Crippen LogP contribution in [0.25, 0.3) is 10.2 Å². The molecule has 3 heterocycles. The topological polar surface area (TPSA) is 53.4 Å². The molecule has 0 N–H and O–H groups in total. The highest BCUT2D eigenvalue weighted by Gasteiger charge is 2.23. The first-order valence-corrected chi connectivity index (χ1v) is 10.1. The summed E-state index contributed by atoms with van der Waals surface area (Å²) in [6.07, 6.45) is 6.03. The Morgan fingerprint density at radius 3 is 3.17 bits per heavy atom. The van der Waals surface area contributed by atoms with E-state index in [-0.39, 0.29) is 11.7 Å². The first kappa shape index (κ1) is 16.3. The van der Waals surface area contributed by atoms with E-state index in [9.17, 15) is 4.79 Å². The van der Waals surface area contributed by atoms with Crippen LogP contribution < -0.4 is 5.56 Å². The number of fused-ring (bicyclic) bond motifs is 3. The number of hydrogen-bond donors (Lipinski definition) is 0. The van der Waals surface area contributed by atoms with Gasteiger partial charge in [-0.1, -0.05) is 17.8 Å². The molecule has 1 aliphatic carbocycles. The van der Waals surface area contributed by atoms with Crippen LogP contribution in [0.1, 0.15) is 23.3 Å². The Kier molecular flexibility index (Phi) is 4.76. The molecule has 0 spiro atoms. The van der Waals surface area contributed by atoms with Crippen molar-refractivity contribution >= 4 is 33.3 Å². The zero-order valence-electron chi connectivity index (χ0n) is 13.5. The summed E-state index contributed by atoms with van der Waals surface area (Å²) in [5, 5.41) is 1.60. The molecule has 1 aliphatic heterocycles. The lowest BCUT2D eigenvalue weighted by Gasteiger charge is -2.22. The van der Waals surface area contributed by atoms with Gasteiger partial charge in [-0.05, 0) is 31.2 Å². The highest BCUT2D eigenvalue weighted by molar-refractivity contribution is 7.99. The molecule has 0 saturated carbocycles. The molecule has 1 atom stereocenters. The number of hydrogen-bond acceptors (Lipinski definition) is 6. The average molecular weight is 364 g/mol. The number of aromatic nitrogens is 2. The fourth-order valence-corrected chi connectivity index (χ4v) is 5.64. The Balaban J connectivity index is 1.69. The molecule has 0 bridgehead atoms. The van der Waals surface area contributed by atoms with Gasteiger partial charge in [0.1, 0.15) is 11.6 Å². The predicted molar refractivity (Wildman–Crippen MR) is 97.1 cm³/mol. The summed E-state index contributed by atoms with van der Waals surface area (Å²) in [6.45, 7) is 5.37. The average Bonchev–Trinajstić information content (AvgIpc) is 3.17. The normalized spacial score (nSPS) is 20.4. The van der Waals surface area contributed by atoms with E-state index in [0.717, 1.165) is 53.4 Å². The third kappa shape index (κ3) is 2.94. The van der Waals surface area contributed by atoms with E-state index >= 15 is 0 Å². The standard InChI is InChI=1S/C17H20N2O3S2/c1-2-7-19-16(20)14-12-4-3-5-13(12)24-15(14)18-17(19)23-9-11-6-8-21-10-22-11/h2,11H,1,3-10H2/t11-/m1/s1. The summed E-state index contributed by atoms with van der Waals surface area (Å²) in [4.78, 5) is 20.1. The first-order chi connectivity index (χ1) is 11.8. The number of ether oxygens (including phenoxy) is 2. The lowest BCUT2D eigenvalue weighted by Crippen LogP contribution is -2.27. The van der Waals surface area contributed by atoms with Crippen LogP contribution >= 0.6 is 23.1 Å². The van der Waals surface area contributed by atoms with Gasteiger partial charge in [0.2, 0.25) is 0 Å². The van der Waals surface area contributed by atoms with Crippen LogP contribution in [0.3, 0.4) is 0 Å². The van der Waals surface area contributed by atoms with Gasteiger partial charge >= 0.3 is 0 Å². The summed E-state index contributed by atoms with van der Waals surface area (Å²) in [5.41, 5.74) is 1.31. The molecular formula is C17H20N2O3S2. The second kappa shape index (κ2) is 7.00. The van der Waals surface area contributed by atoms with Gasteiger partial charge < -0.3 is 9.47 Å². The van der Waals surface area contributed by atoms with Gasteiger partial charge in [0.15, 0.2) is 5.16 Å². The minimum Gasteiger partial charge on any atom is -0.355 e. The molecule has 2 aromatic heterocycles. The monoisotopic (exact) mass is 364 g/mol. The van der Waals surface area contributed by atoms with E-state index in [1.165, 1.54) is 10.4 Å². The van der Waals surface area contributed by atoms with E-state index in [2.05, 4.69) is 6.58 Å². The van der Waals surface area contributed by atoms with Gasteiger partial charge in [-0.25, -0.2) is 4.98 Å². The highest BCUT2D eigenvalue weighted by atomic mass is 32.2. The minimum atomic E-state index is 0.0784. The van der Waals surface area contributed by atoms with Gasteiger partial charge in [-0.2, -0.15) is 0 Å². The number of thioether (sulfide) groups is 1. The van der Waals surface area contributed by atoms with E-state index in [0.29, 0.717) is 13.3 Å². The summed E-state index contributed by atoms with van der Waals surface area (Å²) in [6, 6.07) is 0. The number of rotatable bonds is 5. The molecule has 2 aliphatic rings. The molecule has 1 saturated heterocycles. The first-order valence-electron chi connectivity index (χ1n) is 8.26. The molecule has 4 rings (SSSR count). The van der Waals surface area contributed by atoms with E-state index < -0.39 is 0 Å². The summed E-state index contributed by atoms with van der Waals surface area (Å²) >= 11 is 3.28. The van der Waals surface area contributed by atoms with Crippen LogP contribution in [0.2, 0.25) is 0 Å². The van der Waals surface area contributed by atoms with Crippen molar-refractivity contribution in [1.82, 2.24) is 9.55 Å². The smallest absolute Gasteiger partial charge is 0.263 e. The Bertz CT molecular complexity index is 821. The van der Waals surface area contributed by atoms with Crippen molar-refractivity contribution in [2.75, 3.05) is 19.2 Å². The Hall–Kier alpha value is -1.15. The number of allylic oxidation sites excluding steroid dienone is 1. The van der Waals surface area contributed by atoms with Crippen molar-refractivity contribution in [1.29, 1.82) is 0 Å². The lowest BCUT2D eigenvalue weighted by atomic mass is 10.2. The molecule has 0 unspecified atom stereocenters. The molecule has 0 radical (unpaired) electrons. The molecule has 1 fully saturated rings. The van der Waals surface area contributed by atoms with Gasteiger partial charge in [0.25, 0.3) is 5.56 Å². The fourth-order valence-electron chi connectivity index (χ4n) is 3.26. The molecule has 24 heavy (non-hydrogen) atoms. The second-order valence-electron chi connectivity index (χ2n) is 6.05. The molecule has 0 amide bonds. The van der Waals surface area contributed by atoms with Crippen molar-refractivity contribution in [2.45, 2.75) is 43.5 Å². The molecular weight excluding hydrogens is 344 g/mol. The highest BCUT2D eigenvalue weighted by Crippen LogP contribution is 2.35. The number of thiophene rings is 1. The predicted octanol–water partition coefficient (Wildman–Crippen LogP) is 2.99. The van der Waals surface area contributed by atoms with E-state index in [1.807, 2.05) is 0 Å². The Labute approximate surface area is 148 Å². The summed E-state index contributed by atoms with van der Waals surface area (Å²) in [7, 11) is 0. The van der Waals surface area contributed by atoms with Gasteiger partial charge in [0.05, 0.1) is 18.1 Å². The van der Waals surface area contributed by atoms with E-state index in [1.54, 1.807) is 33.7 Å². The van der Waals surface area contributed by atoms with Crippen molar-refractivity contribution in [3.05, 3.63) is 33.4 Å². The van der Waals surface area contributed by atoms with Crippen molar-refractivity contribution in [3.8, 4) is 0 Å². The minimum absolute atomic E-state index is 0.0784. The van der Waals surface area contributed by atoms with Crippen LogP contribution in [0, 0.1) is 0 Å². The maximum Gasteiger partial charge on any atom is 0.263 e. The second-order valence-corrected chi connectivity index (χ2v) is 8.12. The Morgan fingerprint density at radius 2 is 2.38 bits per heavy atom. The summed E-state index contributed by atoms with van der Waals surface area (Å²) in [5.74, 6) is 0.781. The third-order valence-electron chi connectivity index (χ3n) is 4.47. The maximum atomic E-state index is 13.0. The summed E-state index contributed by atoms with van der Waals surface area (Å²) < 4.78 is 12.6. The van der Waals surface area contributed by atoms with Gasteiger partial charge in [0, 0.05) is 17.2 Å². The SMILES string of the molecule is C=CCn1c(SC[C@H]2CCOCO2)nc2sc3c(c2c1=O)CCC3. The van der Waals surface area contributed by atoms with Crippen LogP contribution in [-0.2, 0) is 28.9 Å². The van der Waals surface area contributed by atoms with Crippen LogP contribution in [0.15, 0.2) is 22.6 Å². The van der Waals surface area contributed by atoms with Crippen LogP contribution in [-0.4, -0.2) is 34.8 Å². The zero-order valence-corrected chi connectivity index (χ0v) is 15.1. The van der Waals surface area contributed by atoms with Crippen molar-refractivity contribution < 1.29 is 9.47 Å². The molecule has 5 nitrogen and oxygen atoms in total. The Morgan fingerprint density at radius 1 is 1.46 bits per heavy atom. The number of nitrogens with zero attached hydrogens (tertiary/aromatic N) is 2. The molecule has 0 aromatic carbocycles. The van der Waals surface area contributed by atoms with Crippen molar-refractivity contribution in [2.24, 2.45) is 0 Å². The third-order valence-corrected chi connectivity index (χ3v) is 6.77. The largest absolute Gasteiger partial charge is 0.355 e. The quantitative estimate of drug-likeness (QED) is 0.464.